The molecule has 6 nitrogen and oxygen atoms in total. The maximum absolute atomic E-state index is 13.7. The Morgan fingerprint density at radius 2 is 1.95 bits per heavy atom. The minimum absolute atomic E-state index is 0.0768. The third-order valence-corrected chi connectivity index (χ3v) is 3.19. The Morgan fingerprint density at radius 1 is 1.38 bits per heavy atom. The van der Waals surface area contributed by atoms with Crippen LogP contribution in [-0.2, 0) is 4.79 Å². The predicted molar refractivity (Wildman–Crippen MR) is 78.8 cm³/mol. The molecular formula is C14H20FN3O3. The number of aromatic carboxylic acids is 1. The van der Waals surface area contributed by atoms with E-state index in [0.717, 1.165) is 12.1 Å². The number of rotatable bonds is 6. The van der Waals surface area contributed by atoms with Gasteiger partial charge in [0.2, 0.25) is 5.91 Å². The molecule has 1 rings (SSSR count). The first-order chi connectivity index (χ1) is 9.81. The molecule has 1 atom stereocenters. The molecule has 1 aromatic carbocycles. The van der Waals surface area contributed by atoms with Crippen molar-refractivity contribution in [2.45, 2.75) is 26.8 Å². The number of nitrogens with two attached hydrogens (primary N) is 1. The van der Waals surface area contributed by atoms with E-state index in [1.807, 2.05) is 13.8 Å². The van der Waals surface area contributed by atoms with Crippen LogP contribution in [0.25, 0.3) is 0 Å². The lowest BCUT2D eigenvalue weighted by Gasteiger charge is -2.24. The number of hydrogen-bond donors (Lipinski definition) is 3. The highest BCUT2D eigenvalue weighted by atomic mass is 19.1. The summed E-state index contributed by atoms with van der Waals surface area (Å²) in [6, 6.07) is 1.43. The third-order valence-electron chi connectivity index (χ3n) is 3.19. The minimum Gasteiger partial charge on any atom is -0.478 e. The van der Waals surface area contributed by atoms with Crippen LogP contribution in [0, 0.1) is 5.82 Å². The molecule has 0 radical (unpaired) electrons. The van der Waals surface area contributed by atoms with Gasteiger partial charge in [-0.3, -0.25) is 4.79 Å². The number of carbonyl (C=O) groups excluding carboxylic acids is 1. The topological polar surface area (TPSA) is 95.7 Å². The van der Waals surface area contributed by atoms with Gasteiger partial charge in [0, 0.05) is 13.1 Å². The van der Waals surface area contributed by atoms with Crippen molar-refractivity contribution in [3.05, 3.63) is 23.5 Å². The third kappa shape index (κ3) is 3.84. The normalized spacial score (nSPS) is 11.8. The molecule has 0 bridgehead atoms. The van der Waals surface area contributed by atoms with Crippen LogP contribution in [0.4, 0.5) is 15.8 Å². The van der Waals surface area contributed by atoms with Gasteiger partial charge in [0.05, 0.1) is 16.9 Å². The number of anilines is 2. The summed E-state index contributed by atoms with van der Waals surface area (Å²) in [5.41, 5.74) is 5.48. The molecule has 1 aromatic rings. The lowest BCUT2D eigenvalue weighted by atomic mass is 10.1. The average molecular weight is 297 g/mol. The van der Waals surface area contributed by atoms with E-state index in [1.165, 1.54) is 0 Å². The van der Waals surface area contributed by atoms with Crippen LogP contribution in [0.1, 0.15) is 31.1 Å². The van der Waals surface area contributed by atoms with E-state index in [1.54, 1.807) is 11.8 Å². The fourth-order valence-corrected chi connectivity index (χ4v) is 1.98. The van der Waals surface area contributed by atoms with Crippen LogP contribution in [0.3, 0.4) is 0 Å². The molecule has 0 spiro atoms. The number of carboxylic acid groups (broad SMARTS) is 1. The number of carboxylic acids is 1. The summed E-state index contributed by atoms with van der Waals surface area (Å²) in [6.07, 6.45) is 0. The summed E-state index contributed by atoms with van der Waals surface area (Å²) < 4.78 is 13.7. The SMILES string of the molecule is CCN(CC)C(=O)C(C)Nc1cc(F)c(C(=O)O)cc1N. The number of benzene rings is 1. The van der Waals surface area contributed by atoms with Crippen molar-refractivity contribution in [3.63, 3.8) is 0 Å². The van der Waals surface area contributed by atoms with Gasteiger partial charge in [-0.2, -0.15) is 0 Å². The highest BCUT2D eigenvalue weighted by Gasteiger charge is 2.20. The molecule has 0 saturated heterocycles. The lowest BCUT2D eigenvalue weighted by Crippen LogP contribution is -2.41. The van der Waals surface area contributed by atoms with E-state index in [9.17, 15) is 14.0 Å². The number of hydrogen-bond acceptors (Lipinski definition) is 4. The van der Waals surface area contributed by atoms with Crippen molar-refractivity contribution in [3.8, 4) is 0 Å². The maximum Gasteiger partial charge on any atom is 0.338 e. The van der Waals surface area contributed by atoms with Crippen LogP contribution in [0.5, 0.6) is 0 Å². The zero-order valence-corrected chi connectivity index (χ0v) is 12.3. The standard InChI is InChI=1S/C14H20FN3O3/c1-4-18(5-2)13(19)8(3)17-12-7-10(15)9(14(20)21)6-11(12)16/h6-8,17H,4-5,16H2,1-3H3,(H,20,21). The van der Waals surface area contributed by atoms with Gasteiger partial charge >= 0.3 is 5.97 Å². The predicted octanol–water partition coefficient (Wildman–Crippen LogP) is 1.77. The van der Waals surface area contributed by atoms with Crippen molar-refractivity contribution in [2.75, 3.05) is 24.1 Å². The number of likely N-dealkylation sites (N-methyl/N-ethyl adjacent to an activating group) is 1. The van der Waals surface area contributed by atoms with Gasteiger partial charge in [-0.05, 0) is 32.9 Å². The minimum atomic E-state index is -1.39. The van der Waals surface area contributed by atoms with E-state index in [2.05, 4.69) is 5.32 Å². The quantitative estimate of drug-likeness (QED) is 0.696. The zero-order chi connectivity index (χ0) is 16.2. The maximum atomic E-state index is 13.7. The van der Waals surface area contributed by atoms with Crippen LogP contribution >= 0.6 is 0 Å². The second kappa shape index (κ2) is 6.92. The molecule has 4 N–H and O–H groups in total. The van der Waals surface area contributed by atoms with Crippen LogP contribution in [0.2, 0.25) is 0 Å². The Balaban J connectivity index is 2.96. The zero-order valence-electron chi connectivity index (χ0n) is 12.3. The van der Waals surface area contributed by atoms with Crippen LogP contribution in [-0.4, -0.2) is 41.0 Å². The second-order valence-corrected chi connectivity index (χ2v) is 4.60. The fraction of sp³-hybridized carbons (Fsp3) is 0.429. The highest BCUT2D eigenvalue weighted by molar-refractivity contribution is 5.91. The Kier molecular flexibility index (Phi) is 5.52. The van der Waals surface area contributed by atoms with Gasteiger partial charge in [0.15, 0.2) is 0 Å². The summed E-state index contributed by atoms with van der Waals surface area (Å²) in [4.78, 5) is 24.6. The highest BCUT2D eigenvalue weighted by Crippen LogP contribution is 2.24. The van der Waals surface area contributed by atoms with E-state index >= 15 is 0 Å². The monoisotopic (exact) mass is 297 g/mol. The molecule has 0 fully saturated rings. The summed E-state index contributed by atoms with van der Waals surface area (Å²) in [5, 5.41) is 11.6. The number of nitrogens with zero attached hydrogens (tertiary/aromatic N) is 1. The lowest BCUT2D eigenvalue weighted by molar-refractivity contribution is -0.131. The molecule has 0 aliphatic rings. The molecule has 1 amide bonds. The smallest absolute Gasteiger partial charge is 0.338 e. The number of amides is 1. The van der Waals surface area contributed by atoms with Gasteiger partial charge in [-0.1, -0.05) is 0 Å². The molecule has 7 heteroatoms. The van der Waals surface area contributed by atoms with Crippen molar-refractivity contribution in [1.82, 2.24) is 4.90 Å². The Hall–Kier alpha value is -2.31. The van der Waals surface area contributed by atoms with Gasteiger partial charge in [0.1, 0.15) is 11.9 Å². The second-order valence-electron chi connectivity index (χ2n) is 4.60. The molecule has 0 aromatic heterocycles. The van der Waals surface area contributed by atoms with Gasteiger partial charge in [0.25, 0.3) is 0 Å². The first-order valence-corrected chi connectivity index (χ1v) is 6.69. The van der Waals surface area contributed by atoms with E-state index in [0.29, 0.717) is 13.1 Å². The van der Waals surface area contributed by atoms with Crippen molar-refractivity contribution < 1.29 is 19.1 Å². The van der Waals surface area contributed by atoms with Crippen LogP contribution < -0.4 is 11.1 Å². The molecular weight excluding hydrogens is 277 g/mol. The molecule has 0 aliphatic heterocycles. The molecule has 21 heavy (non-hydrogen) atoms. The van der Waals surface area contributed by atoms with Crippen LogP contribution in [0.15, 0.2) is 12.1 Å². The summed E-state index contributed by atoms with van der Waals surface area (Å²) in [7, 11) is 0. The van der Waals surface area contributed by atoms with E-state index in [-0.39, 0.29) is 17.3 Å². The van der Waals surface area contributed by atoms with Gasteiger partial charge in [-0.25, -0.2) is 9.18 Å². The Labute approximate surface area is 122 Å². The summed E-state index contributed by atoms with van der Waals surface area (Å²) in [6.45, 7) is 6.52. The molecule has 1 unspecified atom stereocenters. The number of halogens is 1. The average Bonchev–Trinajstić information content (AvgIpc) is 2.43. The number of nitrogens with one attached hydrogen (secondary N) is 1. The van der Waals surface area contributed by atoms with Gasteiger partial charge < -0.3 is 21.1 Å². The molecule has 0 saturated carbocycles. The molecule has 0 heterocycles. The summed E-state index contributed by atoms with van der Waals surface area (Å²) >= 11 is 0. The first-order valence-electron chi connectivity index (χ1n) is 6.69. The van der Waals surface area contributed by atoms with E-state index < -0.39 is 23.4 Å². The summed E-state index contributed by atoms with van der Waals surface area (Å²) in [5.74, 6) is -2.43. The van der Waals surface area contributed by atoms with Crippen molar-refractivity contribution in [1.29, 1.82) is 0 Å². The first kappa shape index (κ1) is 16.7. The van der Waals surface area contributed by atoms with Crippen molar-refractivity contribution in [2.24, 2.45) is 0 Å². The van der Waals surface area contributed by atoms with Crippen molar-refractivity contribution >= 4 is 23.3 Å². The Morgan fingerprint density at radius 3 is 2.43 bits per heavy atom. The molecule has 0 aliphatic carbocycles. The number of nitrogen functional groups attached to an aromatic ring is 1. The molecule has 116 valence electrons. The van der Waals surface area contributed by atoms with E-state index in [4.69, 9.17) is 10.8 Å². The number of carbonyl (C=O) groups is 2. The van der Waals surface area contributed by atoms with Gasteiger partial charge in [-0.15, -0.1) is 0 Å². The Bertz CT molecular complexity index is 545. The fourth-order valence-electron chi connectivity index (χ4n) is 1.98. The largest absolute Gasteiger partial charge is 0.478 e.